The van der Waals surface area contributed by atoms with E-state index in [4.69, 9.17) is 11.6 Å². The smallest absolute Gasteiger partial charge is 0.251 e. The highest BCUT2D eigenvalue weighted by Gasteiger charge is 2.05. The van der Waals surface area contributed by atoms with Gasteiger partial charge in [0.25, 0.3) is 5.91 Å². The van der Waals surface area contributed by atoms with Crippen LogP contribution in [0, 0.1) is 6.92 Å². The van der Waals surface area contributed by atoms with Crippen LogP contribution >= 0.6 is 11.6 Å². The topological polar surface area (TPSA) is 57.8 Å². The number of aryl methyl sites for hydroxylation is 1. The highest BCUT2D eigenvalue weighted by Crippen LogP contribution is 2.10. The number of nitrogens with one attached hydrogen (secondary N) is 2. The van der Waals surface area contributed by atoms with Crippen LogP contribution in [0.15, 0.2) is 30.5 Å². The number of H-pyrrole nitrogens is 1. The fraction of sp³-hybridized carbons (Fsp3) is 0.231. The summed E-state index contributed by atoms with van der Waals surface area (Å²) < 4.78 is 0. The fourth-order valence-corrected chi connectivity index (χ4v) is 1.83. The summed E-state index contributed by atoms with van der Waals surface area (Å²) in [6, 6.07) is 6.89. The molecule has 1 aromatic carbocycles. The van der Waals surface area contributed by atoms with Gasteiger partial charge in [-0.15, -0.1) is 0 Å². The Bertz CT molecular complexity index is 551. The van der Waals surface area contributed by atoms with Crippen molar-refractivity contribution >= 4 is 17.5 Å². The third-order valence-electron chi connectivity index (χ3n) is 2.52. The lowest BCUT2D eigenvalue weighted by Gasteiger charge is -2.04. The first-order valence-corrected chi connectivity index (χ1v) is 6.07. The van der Waals surface area contributed by atoms with Crippen LogP contribution in [0.25, 0.3) is 0 Å². The Kier molecular flexibility index (Phi) is 3.99. The molecule has 1 heterocycles. The minimum Gasteiger partial charge on any atom is -0.352 e. The van der Waals surface area contributed by atoms with Gasteiger partial charge in [-0.25, -0.2) is 4.98 Å². The average Bonchev–Trinajstić information content (AvgIpc) is 2.75. The molecule has 5 heteroatoms. The number of aromatic nitrogens is 2. The molecule has 4 nitrogen and oxygen atoms in total. The van der Waals surface area contributed by atoms with Crippen LogP contribution in [0.2, 0.25) is 5.02 Å². The van der Waals surface area contributed by atoms with Crippen LogP contribution in [0.5, 0.6) is 0 Å². The summed E-state index contributed by atoms with van der Waals surface area (Å²) in [5.41, 5.74) is 1.59. The van der Waals surface area contributed by atoms with Crippen molar-refractivity contribution < 1.29 is 4.79 Å². The molecular weight excluding hydrogens is 250 g/mol. The molecule has 0 saturated carbocycles. The molecule has 94 valence electrons. The quantitative estimate of drug-likeness (QED) is 0.890. The maximum Gasteiger partial charge on any atom is 0.251 e. The zero-order chi connectivity index (χ0) is 13.0. The number of halogens is 1. The van der Waals surface area contributed by atoms with Gasteiger partial charge in [-0.05, 0) is 25.1 Å². The van der Waals surface area contributed by atoms with Crippen molar-refractivity contribution in [1.82, 2.24) is 15.3 Å². The Morgan fingerprint density at radius 1 is 1.50 bits per heavy atom. The number of benzene rings is 1. The van der Waals surface area contributed by atoms with E-state index in [0.717, 1.165) is 17.9 Å². The molecule has 0 aliphatic rings. The van der Waals surface area contributed by atoms with Crippen molar-refractivity contribution in [3.05, 3.63) is 52.6 Å². The molecule has 0 unspecified atom stereocenters. The van der Waals surface area contributed by atoms with E-state index >= 15 is 0 Å². The van der Waals surface area contributed by atoms with Gasteiger partial charge in [-0.3, -0.25) is 4.79 Å². The molecule has 2 N–H and O–H groups in total. The van der Waals surface area contributed by atoms with Gasteiger partial charge >= 0.3 is 0 Å². The number of carbonyl (C=O) groups excluding carboxylic acids is 1. The van der Waals surface area contributed by atoms with Crippen LogP contribution in [0.3, 0.4) is 0 Å². The van der Waals surface area contributed by atoms with E-state index in [2.05, 4.69) is 15.3 Å². The Labute approximate surface area is 110 Å². The molecule has 0 aliphatic heterocycles. The minimum absolute atomic E-state index is 0.117. The summed E-state index contributed by atoms with van der Waals surface area (Å²) in [7, 11) is 0. The van der Waals surface area contributed by atoms with E-state index in [0.29, 0.717) is 17.1 Å². The second kappa shape index (κ2) is 5.69. The molecule has 0 atom stereocenters. The summed E-state index contributed by atoms with van der Waals surface area (Å²) in [5, 5.41) is 3.40. The van der Waals surface area contributed by atoms with Crippen LogP contribution < -0.4 is 5.32 Å². The lowest BCUT2D eigenvalue weighted by Crippen LogP contribution is -2.25. The summed E-state index contributed by atoms with van der Waals surface area (Å²) in [6.07, 6.45) is 2.51. The van der Waals surface area contributed by atoms with E-state index in [9.17, 15) is 4.79 Å². The monoisotopic (exact) mass is 263 g/mol. The van der Waals surface area contributed by atoms with Gasteiger partial charge in [0.2, 0.25) is 0 Å². The first-order chi connectivity index (χ1) is 8.65. The standard InChI is InChI=1S/C13H14ClN3O/c1-9-16-8-12(17-9)5-6-15-13(18)10-3-2-4-11(14)7-10/h2-4,7-8H,5-6H2,1H3,(H,15,18)(H,16,17). The Morgan fingerprint density at radius 3 is 3.00 bits per heavy atom. The van der Waals surface area contributed by atoms with E-state index < -0.39 is 0 Å². The highest BCUT2D eigenvalue weighted by atomic mass is 35.5. The lowest BCUT2D eigenvalue weighted by molar-refractivity contribution is 0.0954. The Balaban J connectivity index is 1.85. The summed E-state index contributed by atoms with van der Waals surface area (Å²) in [5.74, 6) is 0.764. The molecule has 0 radical (unpaired) electrons. The first kappa shape index (κ1) is 12.6. The third kappa shape index (κ3) is 3.34. The molecule has 0 bridgehead atoms. The number of aromatic amines is 1. The van der Waals surface area contributed by atoms with Crippen molar-refractivity contribution in [2.24, 2.45) is 0 Å². The van der Waals surface area contributed by atoms with Gasteiger partial charge in [0.15, 0.2) is 0 Å². The second-order valence-corrected chi connectivity index (χ2v) is 4.45. The van der Waals surface area contributed by atoms with Gasteiger partial charge in [0, 0.05) is 35.4 Å². The van der Waals surface area contributed by atoms with E-state index in [1.54, 1.807) is 30.5 Å². The normalized spacial score (nSPS) is 10.3. The molecule has 2 rings (SSSR count). The summed E-state index contributed by atoms with van der Waals surface area (Å²) in [6.45, 7) is 2.46. The molecule has 0 saturated heterocycles. The molecule has 1 aromatic heterocycles. The maximum absolute atomic E-state index is 11.8. The number of hydrogen-bond donors (Lipinski definition) is 2. The predicted octanol–water partition coefficient (Wildman–Crippen LogP) is 2.34. The zero-order valence-corrected chi connectivity index (χ0v) is 10.8. The van der Waals surface area contributed by atoms with Gasteiger partial charge < -0.3 is 10.3 Å². The van der Waals surface area contributed by atoms with Crippen molar-refractivity contribution in [3.8, 4) is 0 Å². The summed E-state index contributed by atoms with van der Waals surface area (Å²) >= 11 is 5.83. The van der Waals surface area contributed by atoms with Crippen LogP contribution in [0.1, 0.15) is 21.9 Å². The van der Waals surface area contributed by atoms with Crippen molar-refractivity contribution in [3.63, 3.8) is 0 Å². The average molecular weight is 264 g/mol. The molecule has 0 aliphatic carbocycles. The van der Waals surface area contributed by atoms with Gasteiger partial charge in [-0.2, -0.15) is 0 Å². The minimum atomic E-state index is -0.117. The SMILES string of the molecule is Cc1ncc(CCNC(=O)c2cccc(Cl)c2)[nH]1. The number of carbonyl (C=O) groups is 1. The molecular formula is C13H14ClN3O. The van der Waals surface area contributed by atoms with Crippen LogP contribution in [-0.2, 0) is 6.42 Å². The molecule has 0 spiro atoms. The van der Waals surface area contributed by atoms with Crippen molar-refractivity contribution in [2.45, 2.75) is 13.3 Å². The van der Waals surface area contributed by atoms with Gasteiger partial charge in [0.05, 0.1) is 0 Å². The maximum atomic E-state index is 11.8. The lowest BCUT2D eigenvalue weighted by atomic mass is 10.2. The van der Waals surface area contributed by atoms with Crippen molar-refractivity contribution in [1.29, 1.82) is 0 Å². The molecule has 0 fully saturated rings. The number of amides is 1. The van der Waals surface area contributed by atoms with E-state index in [-0.39, 0.29) is 5.91 Å². The number of hydrogen-bond acceptors (Lipinski definition) is 2. The van der Waals surface area contributed by atoms with Gasteiger partial charge in [-0.1, -0.05) is 17.7 Å². The number of imidazole rings is 1. The highest BCUT2D eigenvalue weighted by molar-refractivity contribution is 6.30. The molecule has 1 amide bonds. The molecule has 18 heavy (non-hydrogen) atoms. The Morgan fingerprint density at radius 2 is 2.33 bits per heavy atom. The second-order valence-electron chi connectivity index (χ2n) is 4.01. The van der Waals surface area contributed by atoms with E-state index in [1.807, 2.05) is 6.92 Å². The first-order valence-electron chi connectivity index (χ1n) is 5.69. The van der Waals surface area contributed by atoms with Crippen molar-refractivity contribution in [2.75, 3.05) is 6.54 Å². The third-order valence-corrected chi connectivity index (χ3v) is 2.76. The predicted molar refractivity (Wildman–Crippen MR) is 70.8 cm³/mol. The largest absolute Gasteiger partial charge is 0.352 e. The number of nitrogens with zero attached hydrogens (tertiary/aromatic N) is 1. The van der Waals surface area contributed by atoms with E-state index in [1.165, 1.54) is 0 Å². The number of rotatable bonds is 4. The molecule has 2 aromatic rings. The van der Waals surface area contributed by atoms with Gasteiger partial charge in [0.1, 0.15) is 5.82 Å². The van der Waals surface area contributed by atoms with Crippen LogP contribution in [-0.4, -0.2) is 22.4 Å². The van der Waals surface area contributed by atoms with Crippen LogP contribution in [0.4, 0.5) is 0 Å². The fourth-order valence-electron chi connectivity index (χ4n) is 1.64. The summed E-state index contributed by atoms with van der Waals surface area (Å²) in [4.78, 5) is 19.0. The zero-order valence-electron chi connectivity index (χ0n) is 10.0. The Hall–Kier alpha value is -1.81.